The second kappa shape index (κ2) is 5.78. The number of nitrogens with two attached hydrogens (primary N) is 1. The molecule has 112 valence electrons. The van der Waals surface area contributed by atoms with E-state index in [1.807, 2.05) is 0 Å². The summed E-state index contributed by atoms with van der Waals surface area (Å²) in [6.45, 7) is 8.33. The number of benzene rings is 1. The number of para-hydroxylation sites is 1. The molecule has 3 nitrogen and oxygen atoms in total. The molecule has 2 heterocycles. The summed E-state index contributed by atoms with van der Waals surface area (Å²) in [6.07, 6.45) is 1.05. The average Bonchev–Trinajstić information content (AvgIpc) is 3.00. The van der Waals surface area contributed by atoms with E-state index in [2.05, 4.69) is 49.9 Å². The predicted molar refractivity (Wildman–Crippen MR) is 90.2 cm³/mol. The van der Waals surface area contributed by atoms with E-state index in [9.17, 15) is 0 Å². The van der Waals surface area contributed by atoms with Crippen molar-refractivity contribution in [2.24, 2.45) is 5.73 Å². The SMILES string of the molecule is Cc1nc(C(C)N2CC(CCN)c3ccccc32)c(C)s1. The van der Waals surface area contributed by atoms with Gasteiger partial charge >= 0.3 is 0 Å². The van der Waals surface area contributed by atoms with Gasteiger partial charge in [0.25, 0.3) is 0 Å². The summed E-state index contributed by atoms with van der Waals surface area (Å²) >= 11 is 1.79. The lowest BCUT2D eigenvalue weighted by Crippen LogP contribution is -2.26. The van der Waals surface area contributed by atoms with Crippen LogP contribution in [-0.2, 0) is 0 Å². The minimum atomic E-state index is 0.318. The fraction of sp³-hybridized carbons (Fsp3) is 0.471. The zero-order valence-electron chi connectivity index (χ0n) is 13.0. The number of anilines is 1. The number of nitrogens with zero attached hydrogens (tertiary/aromatic N) is 2. The Hall–Kier alpha value is -1.39. The Bertz CT molecular complexity index is 635. The highest BCUT2D eigenvalue weighted by Crippen LogP contribution is 2.42. The lowest BCUT2D eigenvalue weighted by atomic mass is 9.98. The molecule has 0 saturated heterocycles. The first-order valence-corrected chi connectivity index (χ1v) is 8.43. The van der Waals surface area contributed by atoms with Gasteiger partial charge in [-0.2, -0.15) is 0 Å². The molecular weight excluding hydrogens is 278 g/mol. The van der Waals surface area contributed by atoms with Crippen molar-refractivity contribution in [3.8, 4) is 0 Å². The number of hydrogen-bond donors (Lipinski definition) is 1. The van der Waals surface area contributed by atoms with Crippen LogP contribution in [0.2, 0.25) is 0 Å². The monoisotopic (exact) mass is 301 g/mol. The van der Waals surface area contributed by atoms with Crippen LogP contribution in [0.15, 0.2) is 24.3 Å². The maximum Gasteiger partial charge on any atom is 0.0901 e. The van der Waals surface area contributed by atoms with Gasteiger partial charge < -0.3 is 10.6 Å². The molecule has 1 aromatic heterocycles. The molecule has 4 heteroatoms. The third-order valence-electron chi connectivity index (χ3n) is 4.42. The van der Waals surface area contributed by atoms with Crippen molar-refractivity contribution in [1.82, 2.24) is 4.98 Å². The van der Waals surface area contributed by atoms with E-state index in [1.165, 1.54) is 21.8 Å². The molecule has 0 bridgehead atoms. The molecule has 1 aliphatic heterocycles. The second-order valence-corrected chi connectivity index (χ2v) is 7.24. The number of hydrogen-bond acceptors (Lipinski definition) is 4. The number of rotatable bonds is 4. The molecule has 0 amide bonds. The van der Waals surface area contributed by atoms with Gasteiger partial charge in [0.1, 0.15) is 0 Å². The summed E-state index contributed by atoms with van der Waals surface area (Å²) in [4.78, 5) is 8.58. The lowest BCUT2D eigenvalue weighted by molar-refractivity contribution is 0.599. The highest BCUT2D eigenvalue weighted by molar-refractivity contribution is 7.11. The van der Waals surface area contributed by atoms with Crippen molar-refractivity contribution in [2.75, 3.05) is 18.0 Å². The van der Waals surface area contributed by atoms with Crippen molar-refractivity contribution in [3.63, 3.8) is 0 Å². The zero-order valence-corrected chi connectivity index (χ0v) is 13.8. The van der Waals surface area contributed by atoms with E-state index in [-0.39, 0.29) is 0 Å². The molecule has 2 N–H and O–H groups in total. The molecule has 1 aromatic carbocycles. The lowest BCUT2D eigenvalue weighted by Gasteiger charge is -2.27. The summed E-state index contributed by atoms with van der Waals surface area (Å²) in [6, 6.07) is 9.06. The van der Waals surface area contributed by atoms with Crippen LogP contribution < -0.4 is 10.6 Å². The molecule has 0 fully saturated rings. The third-order valence-corrected chi connectivity index (χ3v) is 5.32. The van der Waals surface area contributed by atoms with Crippen LogP contribution in [0.4, 0.5) is 5.69 Å². The summed E-state index contributed by atoms with van der Waals surface area (Å²) in [5, 5.41) is 1.15. The molecule has 0 spiro atoms. The van der Waals surface area contributed by atoms with Gasteiger partial charge in [-0.1, -0.05) is 18.2 Å². The Morgan fingerprint density at radius 3 is 2.81 bits per heavy atom. The molecule has 1 aliphatic rings. The molecule has 2 atom stereocenters. The largest absolute Gasteiger partial charge is 0.362 e. The average molecular weight is 301 g/mol. The van der Waals surface area contributed by atoms with Crippen molar-refractivity contribution in [3.05, 3.63) is 45.4 Å². The number of fused-ring (bicyclic) bond motifs is 1. The van der Waals surface area contributed by atoms with Crippen molar-refractivity contribution in [1.29, 1.82) is 0 Å². The summed E-state index contributed by atoms with van der Waals surface area (Å²) in [5.74, 6) is 0.550. The smallest absolute Gasteiger partial charge is 0.0901 e. The molecule has 0 saturated carbocycles. The quantitative estimate of drug-likeness (QED) is 0.934. The Morgan fingerprint density at radius 1 is 1.38 bits per heavy atom. The fourth-order valence-electron chi connectivity index (χ4n) is 3.42. The van der Waals surface area contributed by atoms with E-state index in [1.54, 1.807) is 11.3 Å². The standard InChI is InChI=1S/C17H23N3S/c1-11(17-12(2)21-13(3)19-17)20-10-14(8-9-18)15-6-4-5-7-16(15)20/h4-7,11,14H,8-10,18H2,1-3H3. The molecular formula is C17H23N3S. The van der Waals surface area contributed by atoms with E-state index in [0.29, 0.717) is 12.0 Å². The Balaban J connectivity index is 1.94. The summed E-state index contributed by atoms with van der Waals surface area (Å²) in [5.41, 5.74) is 9.82. The Labute approximate surface area is 130 Å². The number of aromatic nitrogens is 1. The second-order valence-electron chi connectivity index (χ2n) is 5.84. The Morgan fingerprint density at radius 2 is 2.14 bits per heavy atom. The summed E-state index contributed by atoms with van der Waals surface area (Å²) in [7, 11) is 0. The topological polar surface area (TPSA) is 42.2 Å². The molecule has 21 heavy (non-hydrogen) atoms. The maximum atomic E-state index is 5.80. The minimum Gasteiger partial charge on any atom is -0.362 e. The maximum absolute atomic E-state index is 5.80. The van der Waals surface area contributed by atoms with Crippen LogP contribution >= 0.6 is 11.3 Å². The first kappa shape index (κ1) is 14.5. The predicted octanol–water partition coefficient (Wildman–Crippen LogP) is 3.77. The first-order chi connectivity index (χ1) is 10.1. The minimum absolute atomic E-state index is 0.318. The normalized spacial score (nSPS) is 18.9. The molecule has 3 rings (SSSR count). The van der Waals surface area contributed by atoms with Gasteiger partial charge in [0, 0.05) is 23.0 Å². The van der Waals surface area contributed by atoms with Gasteiger partial charge in [-0.3, -0.25) is 0 Å². The first-order valence-electron chi connectivity index (χ1n) is 7.61. The molecule has 2 aromatic rings. The van der Waals surface area contributed by atoms with E-state index in [0.717, 1.165) is 24.5 Å². The van der Waals surface area contributed by atoms with E-state index < -0.39 is 0 Å². The van der Waals surface area contributed by atoms with Crippen LogP contribution in [0.25, 0.3) is 0 Å². The van der Waals surface area contributed by atoms with Crippen LogP contribution in [-0.4, -0.2) is 18.1 Å². The van der Waals surface area contributed by atoms with Crippen LogP contribution in [0.3, 0.4) is 0 Å². The molecule has 2 unspecified atom stereocenters. The third kappa shape index (κ3) is 2.58. The van der Waals surface area contributed by atoms with Gasteiger partial charge in [0.05, 0.1) is 16.7 Å². The van der Waals surface area contributed by atoms with Gasteiger partial charge in [-0.05, 0) is 45.4 Å². The highest BCUT2D eigenvalue weighted by atomic mass is 32.1. The van der Waals surface area contributed by atoms with Gasteiger partial charge in [-0.15, -0.1) is 11.3 Å². The van der Waals surface area contributed by atoms with Gasteiger partial charge in [0.15, 0.2) is 0 Å². The van der Waals surface area contributed by atoms with Crippen molar-refractivity contribution in [2.45, 2.75) is 39.2 Å². The van der Waals surface area contributed by atoms with E-state index in [4.69, 9.17) is 10.7 Å². The van der Waals surface area contributed by atoms with Crippen LogP contribution in [0.5, 0.6) is 0 Å². The van der Waals surface area contributed by atoms with E-state index >= 15 is 0 Å². The molecule has 0 aliphatic carbocycles. The van der Waals surface area contributed by atoms with Crippen molar-refractivity contribution >= 4 is 17.0 Å². The van der Waals surface area contributed by atoms with Gasteiger partial charge in [0.2, 0.25) is 0 Å². The zero-order chi connectivity index (χ0) is 15.0. The van der Waals surface area contributed by atoms with Crippen LogP contribution in [0.1, 0.15) is 46.4 Å². The summed E-state index contributed by atoms with van der Waals surface area (Å²) < 4.78 is 0. The Kier molecular flexibility index (Phi) is 4.00. The highest BCUT2D eigenvalue weighted by Gasteiger charge is 2.32. The van der Waals surface area contributed by atoms with Gasteiger partial charge in [-0.25, -0.2) is 4.98 Å². The fourth-order valence-corrected chi connectivity index (χ4v) is 4.33. The molecule has 0 radical (unpaired) electrons. The number of thiazole rings is 1. The van der Waals surface area contributed by atoms with Crippen LogP contribution in [0, 0.1) is 13.8 Å². The number of aryl methyl sites for hydroxylation is 2. The van der Waals surface area contributed by atoms with Crippen molar-refractivity contribution < 1.29 is 0 Å².